The third-order valence-electron chi connectivity index (χ3n) is 4.36. The van der Waals surface area contributed by atoms with Gasteiger partial charge in [0.2, 0.25) is 5.91 Å². The van der Waals surface area contributed by atoms with Gasteiger partial charge in [-0.15, -0.1) is 11.3 Å². The Morgan fingerprint density at radius 3 is 2.69 bits per heavy atom. The largest absolute Gasteiger partial charge is 0.495 e. The van der Waals surface area contributed by atoms with E-state index in [4.69, 9.17) is 9.47 Å². The van der Waals surface area contributed by atoms with Crippen LogP contribution in [0.15, 0.2) is 24.3 Å². The minimum Gasteiger partial charge on any atom is -0.495 e. The van der Waals surface area contributed by atoms with Crippen LogP contribution < -0.4 is 15.4 Å². The number of para-hydroxylation sites is 2. The summed E-state index contributed by atoms with van der Waals surface area (Å²) < 4.78 is 10.2. The van der Waals surface area contributed by atoms with Crippen LogP contribution in [0.3, 0.4) is 0 Å². The maximum atomic E-state index is 12.4. The lowest BCUT2D eigenvalue weighted by atomic mass is 9.95. The number of ether oxygens (including phenoxy) is 2. The second-order valence-corrected chi connectivity index (χ2v) is 7.11. The fraction of sp³-hybridized carbons (Fsp3) is 0.368. The highest BCUT2D eigenvalue weighted by Gasteiger charge is 2.26. The SMILES string of the molecule is COC(=O)c1c(NC(=O)CNc2ccccc2OC)sc2c1CCCC2. The molecule has 0 radical (unpaired) electrons. The molecular formula is C19H22N2O4S. The Balaban J connectivity index is 1.73. The van der Waals surface area contributed by atoms with Crippen molar-refractivity contribution in [1.82, 2.24) is 0 Å². The number of fused-ring (bicyclic) bond motifs is 1. The molecule has 6 nitrogen and oxygen atoms in total. The van der Waals surface area contributed by atoms with Crippen molar-refractivity contribution in [3.63, 3.8) is 0 Å². The van der Waals surface area contributed by atoms with Crippen molar-refractivity contribution < 1.29 is 19.1 Å². The number of carbonyl (C=O) groups excluding carboxylic acids is 2. The number of amides is 1. The van der Waals surface area contributed by atoms with Crippen molar-refractivity contribution in [2.24, 2.45) is 0 Å². The molecule has 1 aliphatic carbocycles. The quantitative estimate of drug-likeness (QED) is 0.757. The number of aryl methyl sites for hydroxylation is 1. The van der Waals surface area contributed by atoms with Crippen LogP contribution in [0.1, 0.15) is 33.6 Å². The van der Waals surface area contributed by atoms with Gasteiger partial charge in [0.15, 0.2) is 0 Å². The molecule has 0 bridgehead atoms. The number of benzene rings is 1. The van der Waals surface area contributed by atoms with Gasteiger partial charge in [-0.25, -0.2) is 4.79 Å². The second-order valence-electron chi connectivity index (χ2n) is 6.01. The fourth-order valence-corrected chi connectivity index (χ4v) is 4.40. The maximum absolute atomic E-state index is 12.4. The van der Waals surface area contributed by atoms with Crippen LogP contribution in [0.5, 0.6) is 5.75 Å². The molecule has 3 rings (SSSR count). The lowest BCUT2D eigenvalue weighted by molar-refractivity contribution is -0.114. The van der Waals surface area contributed by atoms with E-state index in [1.807, 2.05) is 24.3 Å². The lowest BCUT2D eigenvalue weighted by Crippen LogP contribution is -2.22. The van der Waals surface area contributed by atoms with Gasteiger partial charge in [0.1, 0.15) is 10.8 Å². The smallest absolute Gasteiger partial charge is 0.341 e. The molecule has 0 atom stereocenters. The predicted molar refractivity (Wildman–Crippen MR) is 102 cm³/mol. The third kappa shape index (κ3) is 3.83. The molecule has 2 aromatic rings. The first kappa shape index (κ1) is 18.3. The van der Waals surface area contributed by atoms with Gasteiger partial charge in [0, 0.05) is 4.88 Å². The zero-order valence-corrected chi connectivity index (χ0v) is 15.7. The topological polar surface area (TPSA) is 76.7 Å². The third-order valence-corrected chi connectivity index (χ3v) is 5.57. The van der Waals surface area contributed by atoms with Crippen molar-refractivity contribution in [2.75, 3.05) is 31.4 Å². The van der Waals surface area contributed by atoms with Gasteiger partial charge in [-0.3, -0.25) is 4.79 Å². The summed E-state index contributed by atoms with van der Waals surface area (Å²) in [6.45, 7) is 0.0730. The number of esters is 1. The highest BCUT2D eigenvalue weighted by Crippen LogP contribution is 2.38. The summed E-state index contributed by atoms with van der Waals surface area (Å²) >= 11 is 1.48. The molecule has 1 aromatic heterocycles. The minimum atomic E-state index is -0.391. The Morgan fingerprint density at radius 1 is 1.15 bits per heavy atom. The standard InChI is InChI=1S/C19H22N2O4S/c1-24-14-9-5-4-8-13(14)20-11-16(22)21-18-17(19(23)25-2)12-7-3-6-10-15(12)26-18/h4-5,8-9,20H,3,6-7,10-11H2,1-2H3,(H,21,22). The average Bonchev–Trinajstić information content (AvgIpc) is 3.03. The molecule has 26 heavy (non-hydrogen) atoms. The van der Waals surface area contributed by atoms with Gasteiger partial charge >= 0.3 is 5.97 Å². The minimum absolute atomic E-state index is 0.0730. The number of hydrogen-bond acceptors (Lipinski definition) is 6. The Bertz CT molecular complexity index is 816. The number of hydrogen-bond donors (Lipinski definition) is 2. The number of nitrogens with one attached hydrogen (secondary N) is 2. The van der Waals surface area contributed by atoms with Crippen LogP contribution in [0.25, 0.3) is 0 Å². The summed E-state index contributed by atoms with van der Waals surface area (Å²) in [6, 6.07) is 7.40. The van der Waals surface area contributed by atoms with Crippen LogP contribution >= 0.6 is 11.3 Å². The highest BCUT2D eigenvalue weighted by atomic mass is 32.1. The highest BCUT2D eigenvalue weighted by molar-refractivity contribution is 7.17. The molecule has 0 fully saturated rings. The Hall–Kier alpha value is -2.54. The molecule has 1 heterocycles. The number of carbonyl (C=O) groups is 2. The van der Waals surface area contributed by atoms with Crippen LogP contribution in [0.4, 0.5) is 10.7 Å². The van der Waals surface area contributed by atoms with Gasteiger partial charge in [0.25, 0.3) is 0 Å². The molecule has 2 N–H and O–H groups in total. The number of methoxy groups -OCH3 is 2. The van der Waals surface area contributed by atoms with Crippen LogP contribution in [-0.2, 0) is 22.4 Å². The number of anilines is 2. The molecule has 138 valence electrons. The Labute approximate surface area is 156 Å². The zero-order valence-electron chi connectivity index (χ0n) is 14.9. The first-order valence-corrected chi connectivity index (χ1v) is 9.35. The van der Waals surface area contributed by atoms with E-state index in [2.05, 4.69) is 10.6 Å². The second kappa shape index (κ2) is 8.23. The summed E-state index contributed by atoms with van der Waals surface area (Å²) in [5.41, 5.74) is 2.28. The van der Waals surface area contributed by atoms with Crippen molar-refractivity contribution in [1.29, 1.82) is 0 Å². The van der Waals surface area contributed by atoms with Crippen molar-refractivity contribution >= 4 is 33.9 Å². The number of rotatable bonds is 6. The summed E-state index contributed by atoms with van der Waals surface area (Å²) in [5.74, 6) is 0.0548. The molecule has 0 spiro atoms. The summed E-state index contributed by atoms with van der Waals surface area (Å²) in [4.78, 5) is 25.8. The van der Waals surface area contributed by atoms with Gasteiger partial charge < -0.3 is 20.1 Å². The lowest BCUT2D eigenvalue weighted by Gasteiger charge is -2.12. The van der Waals surface area contributed by atoms with Crippen molar-refractivity contribution in [3.05, 3.63) is 40.3 Å². The summed E-state index contributed by atoms with van der Waals surface area (Å²) in [5, 5.41) is 6.51. The van der Waals surface area contributed by atoms with Gasteiger partial charge in [0.05, 0.1) is 32.0 Å². The molecule has 0 saturated carbocycles. The normalized spacial score (nSPS) is 12.8. The summed E-state index contributed by atoms with van der Waals surface area (Å²) in [7, 11) is 2.95. The van der Waals surface area contributed by atoms with Crippen LogP contribution in [0, 0.1) is 0 Å². The van der Waals surface area contributed by atoms with Gasteiger partial charge in [-0.2, -0.15) is 0 Å². The van der Waals surface area contributed by atoms with E-state index in [9.17, 15) is 9.59 Å². The first-order valence-electron chi connectivity index (χ1n) is 8.53. The number of thiophene rings is 1. The molecule has 1 aliphatic rings. The van der Waals surface area contributed by atoms with Crippen molar-refractivity contribution in [3.8, 4) is 5.75 Å². The predicted octanol–water partition coefficient (Wildman–Crippen LogP) is 3.47. The van der Waals surface area contributed by atoms with Gasteiger partial charge in [-0.05, 0) is 43.4 Å². The maximum Gasteiger partial charge on any atom is 0.341 e. The van der Waals surface area contributed by atoms with Gasteiger partial charge in [-0.1, -0.05) is 12.1 Å². The Morgan fingerprint density at radius 2 is 1.92 bits per heavy atom. The molecule has 1 amide bonds. The van der Waals surface area contributed by atoms with E-state index in [0.717, 1.165) is 36.9 Å². The van der Waals surface area contributed by atoms with E-state index >= 15 is 0 Å². The van der Waals surface area contributed by atoms with Crippen LogP contribution in [0.2, 0.25) is 0 Å². The molecule has 1 aromatic carbocycles. The monoisotopic (exact) mass is 374 g/mol. The molecule has 0 unspecified atom stereocenters. The Kier molecular flexibility index (Phi) is 5.78. The van der Waals surface area contributed by atoms with E-state index in [1.165, 1.54) is 23.3 Å². The van der Waals surface area contributed by atoms with E-state index in [-0.39, 0.29) is 12.5 Å². The molecule has 7 heteroatoms. The fourth-order valence-electron chi connectivity index (χ4n) is 3.11. The zero-order chi connectivity index (χ0) is 18.5. The van der Waals surface area contributed by atoms with Crippen molar-refractivity contribution in [2.45, 2.75) is 25.7 Å². The van der Waals surface area contributed by atoms with E-state index < -0.39 is 5.97 Å². The summed E-state index contributed by atoms with van der Waals surface area (Å²) in [6.07, 6.45) is 3.96. The van der Waals surface area contributed by atoms with Crippen LogP contribution in [-0.4, -0.2) is 32.6 Å². The first-order chi connectivity index (χ1) is 12.6. The molecule has 0 saturated heterocycles. The van der Waals surface area contributed by atoms with E-state index in [0.29, 0.717) is 16.3 Å². The molecular weight excluding hydrogens is 352 g/mol. The van der Waals surface area contributed by atoms with E-state index in [1.54, 1.807) is 7.11 Å². The average molecular weight is 374 g/mol. The molecule has 0 aliphatic heterocycles.